The first-order valence-corrected chi connectivity index (χ1v) is 12.3. The van der Waals surface area contributed by atoms with E-state index in [1.54, 1.807) is 4.57 Å². The van der Waals surface area contributed by atoms with Crippen molar-refractivity contribution in [3.05, 3.63) is 79.7 Å². The van der Waals surface area contributed by atoms with Crippen LogP contribution in [0.1, 0.15) is 46.2 Å². The summed E-state index contributed by atoms with van der Waals surface area (Å²) in [4.78, 5) is 29.8. The number of hydrogen-bond acceptors (Lipinski definition) is 3. The maximum absolute atomic E-state index is 13.8. The van der Waals surface area contributed by atoms with Gasteiger partial charge in [0.2, 0.25) is 0 Å². The van der Waals surface area contributed by atoms with Gasteiger partial charge in [0.1, 0.15) is 5.49 Å². The Morgan fingerprint density at radius 3 is 2.34 bits per heavy atom. The molecule has 0 saturated carbocycles. The molecule has 7 heteroatoms. The predicted molar refractivity (Wildman–Crippen MR) is 140 cm³/mol. The lowest BCUT2D eigenvalue weighted by Gasteiger charge is -2.24. The highest BCUT2D eigenvalue weighted by Crippen LogP contribution is 2.30. The fourth-order valence-corrected chi connectivity index (χ4v) is 4.99. The van der Waals surface area contributed by atoms with Crippen molar-refractivity contribution < 1.29 is 4.79 Å². The second kappa shape index (κ2) is 9.94. The van der Waals surface area contributed by atoms with Crippen molar-refractivity contribution in [2.75, 3.05) is 6.54 Å². The minimum atomic E-state index is -0.531. The quantitative estimate of drug-likeness (QED) is 0.528. The van der Waals surface area contributed by atoms with E-state index in [-0.39, 0.29) is 5.69 Å². The standard InChI is InChI=1S/C28H35N5O2/c1-17-12-20(4)26(21(5)13-17)31-25-16-24-23-15-19(3)18(2)14-22(23)8-11-32(24)28(35)33(25)10-7-6-9-30-27(29)34/h12-16H,6-11H2,1-5H3,(H3,29,30,34)/b31-25+. The molecule has 0 bridgehead atoms. The molecule has 0 atom stereocenters. The molecule has 1 aliphatic heterocycles. The number of fused-ring (bicyclic) bond motifs is 3. The molecule has 3 N–H and O–H groups in total. The second-order valence-corrected chi connectivity index (χ2v) is 9.67. The summed E-state index contributed by atoms with van der Waals surface area (Å²) in [5, 5.41) is 2.61. The Hall–Kier alpha value is -3.61. The molecular weight excluding hydrogens is 438 g/mol. The number of aryl methyl sites for hydroxylation is 6. The van der Waals surface area contributed by atoms with E-state index in [1.807, 2.05) is 4.57 Å². The van der Waals surface area contributed by atoms with Gasteiger partial charge in [0.05, 0.1) is 11.4 Å². The number of benzene rings is 2. The number of nitrogens with two attached hydrogens (primary N) is 1. The third-order valence-corrected chi connectivity index (χ3v) is 6.86. The van der Waals surface area contributed by atoms with E-state index >= 15 is 0 Å². The molecule has 1 aliphatic rings. The molecule has 7 nitrogen and oxygen atoms in total. The van der Waals surface area contributed by atoms with Crippen molar-refractivity contribution in [2.45, 2.75) is 67.0 Å². The summed E-state index contributed by atoms with van der Waals surface area (Å²) in [6.07, 6.45) is 2.28. The van der Waals surface area contributed by atoms with Crippen LogP contribution in [0.5, 0.6) is 0 Å². The molecule has 1 aromatic heterocycles. The summed E-state index contributed by atoms with van der Waals surface area (Å²) >= 11 is 0. The summed E-state index contributed by atoms with van der Waals surface area (Å²) < 4.78 is 3.66. The average Bonchev–Trinajstić information content (AvgIpc) is 2.78. The molecule has 2 amide bonds. The van der Waals surface area contributed by atoms with Gasteiger partial charge in [0, 0.05) is 31.3 Å². The number of hydrogen-bond donors (Lipinski definition) is 2. The zero-order valence-electron chi connectivity index (χ0n) is 21.4. The normalized spacial score (nSPS) is 12.9. The van der Waals surface area contributed by atoms with Crippen molar-refractivity contribution >= 4 is 11.7 Å². The Kier molecular flexibility index (Phi) is 6.96. The van der Waals surface area contributed by atoms with Gasteiger partial charge in [-0.05, 0) is 87.8 Å². The molecule has 0 fully saturated rings. The van der Waals surface area contributed by atoms with Crippen LogP contribution >= 0.6 is 0 Å². The Labute approximate surface area is 206 Å². The molecule has 0 aliphatic carbocycles. The summed E-state index contributed by atoms with van der Waals surface area (Å²) in [7, 11) is 0. The van der Waals surface area contributed by atoms with Gasteiger partial charge >= 0.3 is 11.7 Å². The highest BCUT2D eigenvalue weighted by Gasteiger charge is 2.20. The van der Waals surface area contributed by atoms with Crippen LogP contribution in [0.2, 0.25) is 0 Å². The highest BCUT2D eigenvalue weighted by atomic mass is 16.2. The van der Waals surface area contributed by atoms with Gasteiger partial charge in [-0.3, -0.25) is 9.13 Å². The van der Waals surface area contributed by atoms with Crippen molar-refractivity contribution in [1.82, 2.24) is 14.5 Å². The number of rotatable bonds is 6. The molecule has 2 aromatic carbocycles. The van der Waals surface area contributed by atoms with Gasteiger partial charge in [-0.15, -0.1) is 0 Å². The predicted octanol–water partition coefficient (Wildman–Crippen LogP) is 4.10. The molecule has 0 radical (unpaired) electrons. The number of urea groups is 1. The van der Waals surface area contributed by atoms with Crippen molar-refractivity contribution in [2.24, 2.45) is 10.7 Å². The van der Waals surface area contributed by atoms with Gasteiger partial charge in [0.25, 0.3) is 0 Å². The van der Waals surface area contributed by atoms with Crippen molar-refractivity contribution in [3.8, 4) is 11.3 Å². The Balaban J connectivity index is 1.87. The molecule has 4 rings (SSSR count). The Morgan fingerprint density at radius 2 is 1.66 bits per heavy atom. The lowest BCUT2D eigenvalue weighted by atomic mass is 9.93. The van der Waals surface area contributed by atoms with E-state index < -0.39 is 6.03 Å². The number of amides is 2. The fraction of sp³-hybridized carbons (Fsp3) is 0.393. The number of nitrogens with one attached hydrogen (secondary N) is 1. The van der Waals surface area contributed by atoms with Crippen LogP contribution in [0.25, 0.3) is 11.3 Å². The number of carbonyl (C=O) groups is 1. The van der Waals surface area contributed by atoms with Crippen LogP contribution in [-0.4, -0.2) is 21.7 Å². The first-order chi connectivity index (χ1) is 16.7. The average molecular weight is 474 g/mol. The number of aromatic nitrogens is 2. The lowest BCUT2D eigenvalue weighted by Crippen LogP contribution is -2.42. The summed E-state index contributed by atoms with van der Waals surface area (Å²) in [6, 6.07) is 10.2. The fourth-order valence-electron chi connectivity index (χ4n) is 4.99. The zero-order valence-corrected chi connectivity index (χ0v) is 21.4. The van der Waals surface area contributed by atoms with Crippen LogP contribution in [0, 0.1) is 34.6 Å². The highest BCUT2D eigenvalue weighted by molar-refractivity contribution is 5.71. The first kappa shape index (κ1) is 24.5. The molecule has 35 heavy (non-hydrogen) atoms. The molecule has 2 heterocycles. The van der Waals surface area contributed by atoms with Crippen LogP contribution < -0.4 is 22.2 Å². The van der Waals surface area contributed by atoms with E-state index in [0.717, 1.165) is 47.3 Å². The number of nitrogens with zero attached hydrogens (tertiary/aromatic N) is 3. The van der Waals surface area contributed by atoms with Crippen LogP contribution in [0.4, 0.5) is 10.5 Å². The maximum Gasteiger partial charge on any atom is 0.330 e. The first-order valence-electron chi connectivity index (χ1n) is 12.3. The van der Waals surface area contributed by atoms with E-state index in [2.05, 4.69) is 70.3 Å². The minimum Gasteiger partial charge on any atom is -0.352 e. The summed E-state index contributed by atoms with van der Waals surface area (Å²) in [6.45, 7) is 12.1. The van der Waals surface area contributed by atoms with Gasteiger partial charge in [0.15, 0.2) is 0 Å². The smallest absolute Gasteiger partial charge is 0.330 e. The maximum atomic E-state index is 13.8. The summed E-state index contributed by atoms with van der Waals surface area (Å²) in [5.74, 6) is 0. The zero-order chi connectivity index (χ0) is 25.3. The van der Waals surface area contributed by atoms with Crippen LogP contribution in [-0.2, 0) is 19.5 Å². The molecule has 184 valence electrons. The third kappa shape index (κ3) is 5.09. The molecule has 0 spiro atoms. The monoisotopic (exact) mass is 473 g/mol. The second-order valence-electron chi connectivity index (χ2n) is 9.67. The minimum absolute atomic E-state index is 0.0459. The molecule has 0 saturated heterocycles. The van der Waals surface area contributed by atoms with Crippen molar-refractivity contribution in [1.29, 1.82) is 0 Å². The summed E-state index contributed by atoms with van der Waals surface area (Å²) in [5.41, 5.74) is 15.8. The molecule has 0 unspecified atom stereocenters. The van der Waals surface area contributed by atoms with Gasteiger partial charge in [-0.2, -0.15) is 0 Å². The van der Waals surface area contributed by atoms with E-state index in [9.17, 15) is 9.59 Å². The lowest BCUT2D eigenvalue weighted by molar-refractivity contribution is 0.248. The largest absolute Gasteiger partial charge is 0.352 e. The number of unbranched alkanes of at least 4 members (excludes halogenated alkanes) is 1. The number of primary amides is 1. The topological polar surface area (TPSA) is 94.4 Å². The molecular formula is C28H35N5O2. The SMILES string of the molecule is Cc1cc(C)c(/N=c2\cc3n(c(=O)n2CCCCNC(N)=O)CCc2cc(C)c(C)cc2-3)c(C)c1. The third-order valence-electron chi connectivity index (χ3n) is 6.86. The van der Waals surface area contributed by atoms with E-state index in [4.69, 9.17) is 10.7 Å². The van der Waals surface area contributed by atoms with Crippen molar-refractivity contribution in [3.63, 3.8) is 0 Å². The Bertz CT molecular complexity index is 1410. The van der Waals surface area contributed by atoms with Crippen LogP contribution in [0.3, 0.4) is 0 Å². The van der Waals surface area contributed by atoms with E-state index in [1.165, 1.54) is 22.3 Å². The van der Waals surface area contributed by atoms with Crippen LogP contribution in [0.15, 0.2) is 40.1 Å². The van der Waals surface area contributed by atoms with Gasteiger partial charge < -0.3 is 11.1 Å². The Morgan fingerprint density at radius 1 is 0.971 bits per heavy atom. The number of carbonyl (C=O) groups excluding carboxylic acids is 1. The molecule has 3 aromatic rings. The van der Waals surface area contributed by atoms with Gasteiger partial charge in [-0.25, -0.2) is 14.6 Å². The van der Waals surface area contributed by atoms with E-state index in [0.29, 0.717) is 25.1 Å². The van der Waals surface area contributed by atoms with Gasteiger partial charge in [-0.1, -0.05) is 23.8 Å².